The van der Waals surface area contributed by atoms with Gasteiger partial charge in [-0.3, -0.25) is 4.90 Å². The molecule has 3 rings (SSSR count). The molecule has 3 fully saturated rings. The Balaban J connectivity index is 1.30. The van der Waals surface area contributed by atoms with E-state index in [1.807, 2.05) is 0 Å². The standard InChI is InChI=1S/C14H26N2O2/c17-12(10-18-9-11-3-4-11)8-15-13-5-7-16-6-1-2-14(13)16/h11-15,17H,1-10H2. The zero-order valence-electron chi connectivity index (χ0n) is 11.2. The molecule has 2 N–H and O–H groups in total. The van der Waals surface area contributed by atoms with Crippen LogP contribution >= 0.6 is 0 Å². The topological polar surface area (TPSA) is 44.7 Å². The average Bonchev–Trinajstić information content (AvgIpc) is 2.92. The second-order valence-corrected chi connectivity index (χ2v) is 6.18. The Morgan fingerprint density at radius 3 is 2.94 bits per heavy atom. The molecule has 3 atom stereocenters. The third-order valence-corrected chi connectivity index (χ3v) is 4.58. The lowest BCUT2D eigenvalue weighted by molar-refractivity contribution is 0.0308. The number of aliphatic hydroxyl groups excluding tert-OH is 1. The van der Waals surface area contributed by atoms with E-state index in [0.29, 0.717) is 19.2 Å². The highest BCUT2D eigenvalue weighted by Gasteiger charge is 2.36. The highest BCUT2D eigenvalue weighted by molar-refractivity contribution is 4.95. The maximum atomic E-state index is 9.88. The Kier molecular flexibility index (Phi) is 4.19. The summed E-state index contributed by atoms with van der Waals surface area (Å²) in [6.07, 6.45) is 6.18. The van der Waals surface area contributed by atoms with Crippen LogP contribution in [0.15, 0.2) is 0 Å². The summed E-state index contributed by atoms with van der Waals surface area (Å²) >= 11 is 0. The fourth-order valence-corrected chi connectivity index (χ4v) is 3.32. The van der Waals surface area contributed by atoms with Crippen molar-refractivity contribution in [1.82, 2.24) is 10.2 Å². The molecular weight excluding hydrogens is 228 g/mol. The van der Waals surface area contributed by atoms with E-state index in [0.717, 1.165) is 18.6 Å². The molecule has 1 aliphatic carbocycles. The molecule has 3 unspecified atom stereocenters. The molecule has 4 heteroatoms. The Hall–Kier alpha value is -0.160. The molecule has 1 saturated carbocycles. The van der Waals surface area contributed by atoms with Crippen molar-refractivity contribution in [2.75, 3.05) is 32.8 Å². The van der Waals surface area contributed by atoms with Crippen LogP contribution in [0.5, 0.6) is 0 Å². The maximum Gasteiger partial charge on any atom is 0.0897 e. The predicted octanol–water partition coefficient (Wildman–Crippen LogP) is 0.600. The largest absolute Gasteiger partial charge is 0.389 e. The summed E-state index contributed by atoms with van der Waals surface area (Å²) < 4.78 is 5.52. The maximum absolute atomic E-state index is 9.88. The first kappa shape index (κ1) is 12.9. The summed E-state index contributed by atoms with van der Waals surface area (Å²) in [5.74, 6) is 0.784. The average molecular weight is 254 g/mol. The van der Waals surface area contributed by atoms with Crippen LogP contribution < -0.4 is 5.32 Å². The molecule has 0 spiro atoms. The van der Waals surface area contributed by atoms with Crippen LogP contribution in [-0.2, 0) is 4.74 Å². The smallest absolute Gasteiger partial charge is 0.0897 e. The fourth-order valence-electron chi connectivity index (χ4n) is 3.32. The summed E-state index contributed by atoms with van der Waals surface area (Å²) in [7, 11) is 0. The van der Waals surface area contributed by atoms with Crippen molar-refractivity contribution in [3.05, 3.63) is 0 Å². The van der Waals surface area contributed by atoms with Gasteiger partial charge in [-0.05, 0) is 44.6 Å². The third kappa shape index (κ3) is 3.23. The van der Waals surface area contributed by atoms with Crippen LogP contribution in [-0.4, -0.2) is 61.0 Å². The summed E-state index contributed by atoms with van der Waals surface area (Å²) in [5.41, 5.74) is 0. The minimum absolute atomic E-state index is 0.348. The number of hydrogen-bond donors (Lipinski definition) is 2. The highest BCUT2D eigenvalue weighted by Crippen LogP contribution is 2.29. The Morgan fingerprint density at radius 1 is 1.22 bits per heavy atom. The predicted molar refractivity (Wildman–Crippen MR) is 70.6 cm³/mol. The Morgan fingerprint density at radius 2 is 2.11 bits per heavy atom. The van der Waals surface area contributed by atoms with E-state index >= 15 is 0 Å². The van der Waals surface area contributed by atoms with Crippen LogP contribution in [0.4, 0.5) is 0 Å². The Bertz CT molecular complexity index is 271. The molecule has 3 aliphatic rings. The molecular formula is C14H26N2O2. The zero-order valence-corrected chi connectivity index (χ0v) is 11.2. The van der Waals surface area contributed by atoms with Gasteiger partial charge in [-0.2, -0.15) is 0 Å². The van der Waals surface area contributed by atoms with Gasteiger partial charge in [-0.1, -0.05) is 0 Å². The molecule has 0 amide bonds. The molecule has 2 aliphatic heterocycles. The quantitative estimate of drug-likeness (QED) is 0.698. The number of fused-ring (bicyclic) bond motifs is 1. The minimum Gasteiger partial charge on any atom is -0.389 e. The number of ether oxygens (including phenoxy) is 1. The molecule has 104 valence electrons. The van der Waals surface area contributed by atoms with Gasteiger partial charge in [0, 0.05) is 31.8 Å². The van der Waals surface area contributed by atoms with E-state index in [9.17, 15) is 5.11 Å². The van der Waals surface area contributed by atoms with Gasteiger partial charge in [-0.25, -0.2) is 0 Å². The van der Waals surface area contributed by atoms with Gasteiger partial charge < -0.3 is 15.2 Å². The van der Waals surface area contributed by atoms with Crippen LogP contribution in [0, 0.1) is 5.92 Å². The van der Waals surface area contributed by atoms with Crippen molar-refractivity contribution in [2.24, 2.45) is 5.92 Å². The van der Waals surface area contributed by atoms with Crippen molar-refractivity contribution in [1.29, 1.82) is 0 Å². The van der Waals surface area contributed by atoms with Crippen LogP contribution in [0.25, 0.3) is 0 Å². The van der Waals surface area contributed by atoms with Gasteiger partial charge in [-0.15, -0.1) is 0 Å². The number of nitrogens with zero attached hydrogens (tertiary/aromatic N) is 1. The molecule has 18 heavy (non-hydrogen) atoms. The molecule has 2 saturated heterocycles. The van der Waals surface area contributed by atoms with Crippen LogP contribution in [0.2, 0.25) is 0 Å². The van der Waals surface area contributed by atoms with Crippen molar-refractivity contribution in [3.63, 3.8) is 0 Å². The van der Waals surface area contributed by atoms with E-state index in [4.69, 9.17) is 4.74 Å². The summed E-state index contributed by atoms with van der Waals surface area (Å²) in [4.78, 5) is 2.59. The van der Waals surface area contributed by atoms with Crippen molar-refractivity contribution < 1.29 is 9.84 Å². The number of rotatable bonds is 7. The molecule has 0 radical (unpaired) electrons. The number of hydrogen-bond acceptors (Lipinski definition) is 4. The summed E-state index contributed by atoms with van der Waals surface area (Å²) in [5, 5.41) is 13.4. The van der Waals surface area contributed by atoms with E-state index in [2.05, 4.69) is 10.2 Å². The molecule has 0 aromatic heterocycles. The number of aliphatic hydroxyl groups is 1. The third-order valence-electron chi connectivity index (χ3n) is 4.58. The van der Waals surface area contributed by atoms with Gasteiger partial charge in [0.1, 0.15) is 0 Å². The summed E-state index contributed by atoms with van der Waals surface area (Å²) in [6, 6.07) is 1.31. The van der Waals surface area contributed by atoms with Crippen molar-refractivity contribution in [3.8, 4) is 0 Å². The van der Waals surface area contributed by atoms with E-state index in [-0.39, 0.29) is 6.10 Å². The lowest BCUT2D eigenvalue weighted by atomic mass is 10.1. The van der Waals surface area contributed by atoms with E-state index in [1.54, 1.807) is 0 Å². The van der Waals surface area contributed by atoms with Crippen LogP contribution in [0.3, 0.4) is 0 Å². The monoisotopic (exact) mass is 254 g/mol. The van der Waals surface area contributed by atoms with E-state index < -0.39 is 0 Å². The zero-order chi connectivity index (χ0) is 12.4. The second kappa shape index (κ2) is 5.87. The summed E-state index contributed by atoms with van der Waals surface area (Å²) in [6.45, 7) is 4.52. The normalized spacial score (nSPS) is 33.8. The fraction of sp³-hybridized carbons (Fsp3) is 1.00. The van der Waals surface area contributed by atoms with E-state index in [1.165, 1.54) is 45.2 Å². The second-order valence-electron chi connectivity index (χ2n) is 6.18. The Labute approximate surface area is 110 Å². The molecule has 2 heterocycles. The first-order valence-corrected chi connectivity index (χ1v) is 7.56. The molecule has 0 bridgehead atoms. The highest BCUT2D eigenvalue weighted by atomic mass is 16.5. The van der Waals surface area contributed by atoms with Gasteiger partial charge in [0.25, 0.3) is 0 Å². The molecule has 4 nitrogen and oxygen atoms in total. The van der Waals surface area contributed by atoms with Gasteiger partial charge in [0.15, 0.2) is 0 Å². The van der Waals surface area contributed by atoms with Crippen molar-refractivity contribution >= 4 is 0 Å². The minimum atomic E-state index is -0.348. The van der Waals surface area contributed by atoms with Crippen molar-refractivity contribution in [2.45, 2.75) is 50.3 Å². The first-order chi connectivity index (χ1) is 8.83. The van der Waals surface area contributed by atoms with Gasteiger partial charge >= 0.3 is 0 Å². The molecule has 0 aromatic rings. The van der Waals surface area contributed by atoms with Gasteiger partial charge in [0.2, 0.25) is 0 Å². The van der Waals surface area contributed by atoms with Crippen LogP contribution in [0.1, 0.15) is 32.1 Å². The molecule has 0 aromatic carbocycles. The van der Waals surface area contributed by atoms with Gasteiger partial charge in [0.05, 0.1) is 12.7 Å². The first-order valence-electron chi connectivity index (χ1n) is 7.56. The lowest BCUT2D eigenvalue weighted by Crippen LogP contribution is -2.43. The lowest BCUT2D eigenvalue weighted by Gasteiger charge is -2.22. The number of nitrogens with one attached hydrogen (secondary N) is 1. The SMILES string of the molecule is OC(CNC1CCN2CCCC12)COCC1CC1.